The Hall–Kier alpha value is -1.70. The minimum Gasteiger partial charge on any atom is -0.351 e. The zero-order chi connectivity index (χ0) is 15.3. The molecule has 3 aromatic rings. The highest BCUT2D eigenvalue weighted by Gasteiger charge is 2.22. The molecule has 0 N–H and O–H groups in total. The second-order valence-electron chi connectivity index (χ2n) is 5.11. The van der Waals surface area contributed by atoms with Gasteiger partial charge in [-0.05, 0) is 23.9 Å². The fraction of sp³-hybridized carbons (Fsp3) is 0.308. The maximum atomic E-state index is 14.2. The molecular formula is C13H11Cl2FN6. The lowest BCUT2D eigenvalue weighted by Crippen LogP contribution is -2.43. The van der Waals surface area contributed by atoms with Crippen LogP contribution in [-0.2, 0) is 0 Å². The highest BCUT2D eigenvalue weighted by molar-refractivity contribution is 6.31. The van der Waals surface area contributed by atoms with Crippen molar-refractivity contribution in [3.05, 3.63) is 29.3 Å². The van der Waals surface area contributed by atoms with Crippen LogP contribution >= 0.6 is 23.4 Å². The van der Waals surface area contributed by atoms with Gasteiger partial charge in [-0.1, -0.05) is 11.6 Å². The Morgan fingerprint density at radius 3 is 2.68 bits per heavy atom. The van der Waals surface area contributed by atoms with Crippen molar-refractivity contribution in [3.8, 4) is 0 Å². The van der Waals surface area contributed by atoms with Crippen LogP contribution in [0.2, 0.25) is 5.02 Å². The molecule has 1 fully saturated rings. The lowest BCUT2D eigenvalue weighted by atomic mass is 10.2. The van der Waals surface area contributed by atoms with Gasteiger partial charge in [0, 0.05) is 31.2 Å². The Kier molecular flexibility index (Phi) is 3.28. The number of piperazine rings is 1. The van der Waals surface area contributed by atoms with E-state index in [0.717, 1.165) is 0 Å². The summed E-state index contributed by atoms with van der Waals surface area (Å²) in [6.45, 7) is 2.79. The molecule has 9 heteroatoms. The van der Waals surface area contributed by atoms with Crippen LogP contribution in [0.3, 0.4) is 0 Å². The third-order valence-electron chi connectivity index (χ3n) is 3.76. The average molecular weight is 341 g/mol. The first-order valence-corrected chi connectivity index (χ1v) is 7.49. The van der Waals surface area contributed by atoms with Crippen molar-refractivity contribution < 1.29 is 4.39 Å². The Balaban J connectivity index is 1.95. The number of fused-ring (bicyclic) bond motifs is 3. The first kappa shape index (κ1) is 13.9. The second-order valence-corrected chi connectivity index (χ2v) is 6.03. The summed E-state index contributed by atoms with van der Waals surface area (Å²) in [7, 11) is 0. The number of halogens is 3. The molecule has 1 aliphatic rings. The van der Waals surface area contributed by atoms with Crippen LogP contribution in [0.1, 0.15) is 0 Å². The first-order chi connectivity index (χ1) is 10.6. The van der Waals surface area contributed by atoms with E-state index in [1.807, 2.05) is 4.90 Å². The van der Waals surface area contributed by atoms with Gasteiger partial charge in [0.25, 0.3) is 0 Å². The minimum absolute atomic E-state index is 0.250. The fourth-order valence-corrected chi connectivity index (χ4v) is 3.02. The molecule has 22 heavy (non-hydrogen) atoms. The van der Waals surface area contributed by atoms with Crippen LogP contribution in [0.15, 0.2) is 18.5 Å². The molecule has 0 atom stereocenters. The second kappa shape index (κ2) is 5.19. The van der Waals surface area contributed by atoms with Gasteiger partial charge in [0.1, 0.15) is 11.8 Å². The molecule has 1 saturated heterocycles. The van der Waals surface area contributed by atoms with E-state index in [1.165, 1.54) is 12.4 Å². The molecule has 0 saturated carbocycles. The Bertz CT molecular complexity index is 858. The fourth-order valence-electron chi connectivity index (χ4n) is 2.67. The van der Waals surface area contributed by atoms with Gasteiger partial charge in [0.2, 0.25) is 5.65 Å². The molecule has 0 bridgehead atoms. The molecule has 0 unspecified atom stereocenters. The van der Waals surface area contributed by atoms with Crippen molar-refractivity contribution >= 4 is 45.9 Å². The topological polar surface area (TPSA) is 49.6 Å². The van der Waals surface area contributed by atoms with Crippen molar-refractivity contribution in [1.29, 1.82) is 0 Å². The summed E-state index contributed by atoms with van der Waals surface area (Å²) >= 11 is 11.9. The van der Waals surface area contributed by atoms with E-state index in [1.54, 1.807) is 14.9 Å². The molecular weight excluding hydrogens is 330 g/mol. The van der Waals surface area contributed by atoms with Crippen LogP contribution in [0.4, 0.5) is 10.2 Å². The third kappa shape index (κ3) is 2.16. The van der Waals surface area contributed by atoms with Crippen molar-refractivity contribution in [3.63, 3.8) is 0 Å². The van der Waals surface area contributed by atoms with Gasteiger partial charge in [0.15, 0.2) is 11.6 Å². The Labute approximate surface area is 135 Å². The Morgan fingerprint density at radius 1 is 1.14 bits per heavy atom. The van der Waals surface area contributed by atoms with Crippen LogP contribution in [0.25, 0.3) is 16.7 Å². The smallest absolute Gasteiger partial charge is 0.204 e. The average Bonchev–Trinajstić information content (AvgIpc) is 2.97. The molecule has 3 heterocycles. The number of benzene rings is 1. The van der Waals surface area contributed by atoms with Gasteiger partial charge in [-0.2, -0.15) is 0 Å². The quantitative estimate of drug-likeness (QED) is 0.636. The van der Waals surface area contributed by atoms with Gasteiger partial charge in [-0.15, -0.1) is 10.2 Å². The van der Waals surface area contributed by atoms with Crippen LogP contribution in [-0.4, -0.2) is 50.2 Å². The molecule has 0 spiro atoms. The van der Waals surface area contributed by atoms with E-state index in [4.69, 9.17) is 23.4 Å². The molecule has 0 radical (unpaired) electrons. The lowest BCUT2D eigenvalue weighted by Gasteiger charge is -2.31. The van der Waals surface area contributed by atoms with Gasteiger partial charge in [-0.25, -0.2) is 13.8 Å². The molecule has 2 aromatic heterocycles. The van der Waals surface area contributed by atoms with Crippen molar-refractivity contribution in [2.75, 3.05) is 31.1 Å². The molecule has 0 amide bonds. The zero-order valence-electron chi connectivity index (χ0n) is 11.4. The number of hydrogen-bond donors (Lipinski definition) is 0. The van der Waals surface area contributed by atoms with Gasteiger partial charge >= 0.3 is 0 Å². The predicted octanol–water partition coefficient (Wildman–Crippen LogP) is 2.35. The van der Waals surface area contributed by atoms with Gasteiger partial charge < -0.3 is 4.90 Å². The summed E-state index contributed by atoms with van der Waals surface area (Å²) in [6, 6.07) is 2.91. The zero-order valence-corrected chi connectivity index (χ0v) is 12.9. The number of hydrogen-bond acceptors (Lipinski definition) is 5. The molecule has 1 aromatic carbocycles. The maximum absolute atomic E-state index is 14.2. The number of rotatable bonds is 1. The summed E-state index contributed by atoms with van der Waals surface area (Å²) in [5.74, 6) is 0.145. The third-order valence-corrected chi connectivity index (χ3v) is 4.31. The van der Waals surface area contributed by atoms with Crippen molar-refractivity contribution in [2.24, 2.45) is 0 Å². The normalized spacial score (nSPS) is 16.8. The van der Waals surface area contributed by atoms with E-state index in [9.17, 15) is 4.39 Å². The molecule has 114 valence electrons. The SMILES string of the molecule is Fc1cc(Cl)cc2c1nc(N1CCN(Cl)CC1)c1nncn12. The van der Waals surface area contributed by atoms with E-state index >= 15 is 0 Å². The van der Waals surface area contributed by atoms with E-state index < -0.39 is 5.82 Å². The van der Waals surface area contributed by atoms with E-state index in [2.05, 4.69) is 15.2 Å². The highest BCUT2D eigenvalue weighted by Crippen LogP contribution is 2.27. The maximum Gasteiger partial charge on any atom is 0.204 e. The summed E-state index contributed by atoms with van der Waals surface area (Å²) < 4.78 is 17.7. The highest BCUT2D eigenvalue weighted by atomic mass is 35.5. The molecule has 0 aliphatic carbocycles. The lowest BCUT2D eigenvalue weighted by molar-refractivity contribution is 0.415. The van der Waals surface area contributed by atoms with Crippen LogP contribution < -0.4 is 4.90 Å². The van der Waals surface area contributed by atoms with E-state index in [0.29, 0.717) is 48.2 Å². The number of nitrogens with zero attached hydrogens (tertiary/aromatic N) is 6. The molecule has 4 rings (SSSR count). The molecule has 6 nitrogen and oxygen atoms in total. The van der Waals surface area contributed by atoms with Crippen molar-refractivity contribution in [2.45, 2.75) is 0 Å². The van der Waals surface area contributed by atoms with E-state index in [-0.39, 0.29) is 5.52 Å². The Morgan fingerprint density at radius 2 is 1.91 bits per heavy atom. The summed E-state index contributed by atoms with van der Waals surface area (Å²) in [5.41, 5.74) is 1.38. The summed E-state index contributed by atoms with van der Waals surface area (Å²) in [5, 5.41) is 8.35. The number of aromatic nitrogens is 4. The monoisotopic (exact) mass is 340 g/mol. The first-order valence-electron chi connectivity index (χ1n) is 6.77. The van der Waals surface area contributed by atoms with Gasteiger partial charge in [0.05, 0.1) is 5.52 Å². The van der Waals surface area contributed by atoms with Gasteiger partial charge in [-0.3, -0.25) is 4.40 Å². The standard InChI is InChI=1S/C13H11Cl2FN6/c14-8-5-9(16)11-10(6-8)22-7-17-19-13(22)12(18-11)20-1-3-21(15)4-2-20/h5-7H,1-4H2. The largest absolute Gasteiger partial charge is 0.351 e. The minimum atomic E-state index is -0.463. The molecule has 1 aliphatic heterocycles. The predicted molar refractivity (Wildman–Crippen MR) is 82.9 cm³/mol. The number of anilines is 1. The summed E-state index contributed by atoms with van der Waals surface area (Å²) in [4.78, 5) is 6.51. The van der Waals surface area contributed by atoms with Crippen LogP contribution in [0, 0.1) is 5.82 Å². The van der Waals surface area contributed by atoms with Crippen molar-refractivity contribution in [1.82, 2.24) is 24.0 Å². The van der Waals surface area contributed by atoms with Crippen LogP contribution in [0.5, 0.6) is 0 Å². The summed E-state index contributed by atoms with van der Waals surface area (Å²) in [6.07, 6.45) is 1.54.